The van der Waals surface area contributed by atoms with Crippen molar-refractivity contribution >= 4 is 16.7 Å². The molecule has 92 valence electrons. The number of unbranched alkanes of at least 4 members (excludes halogenated alkanes) is 1. The molecule has 2 nitrogen and oxygen atoms in total. The lowest BCUT2D eigenvalue weighted by Gasteiger charge is -2.06. The number of nitrogens with zero attached hydrogens (tertiary/aromatic N) is 1. The van der Waals surface area contributed by atoms with Crippen molar-refractivity contribution in [2.75, 3.05) is 0 Å². The molecule has 0 N–H and O–H groups in total. The summed E-state index contributed by atoms with van der Waals surface area (Å²) in [6, 6.07) is 9.69. The summed E-state index contributed by atoms with van der Waals surface area (Å²) in [6.45, 7) is 5.60. The smallest absolute Gasteiger partial charge is 0.163 e. The van der Waals surface area contributed by atoms with E-state index >= 15 is 0 Å². The number of ketones is 1. The molecule has 0 saturated heterocycles. The molecule has 0 unspecified atom stereocenters. The highest BCUT2D eigenvalue weighted by molar-refractivity contribution is 6.07. The van der Waals surface area contributed by atoms with Crippen molar-refractivity contribution < 1.29 is 4.79 Å². The summed E-state index contributed by atoms with van der Waals surface area (Å²) in [7, 11) is 0. The molecule has 0 radical (unpaired) electrons. The van der Waals surface area contributed by atoms with Crippen molar-refractivity contribution in [1.82, 2.24) is 4.98 Å². The van der Waals surface area contributed by atoms with Gasteiger partial charge in [0, 0.05) is 23.1 Å². The van der Waals surface area contributed by atoms with Gasteiger partial charge in [-0.25, -0.2) is 0 Å². The Hall–Kier alpha value is -1.96. The van der Waals surface area contributed by atoms with E-state index in [2.05, 4.69) is 11.6 Å². The van der Waals surface area contributed by atoms with Gasteiger partial charge in [-0.15, -0.1) is 6.58 Å². The van der Waals surface area contributed by atoms with E-state index in [0.717, 1.165) is 35.0 Å². The first-order chi connectivity index (χ1) is 8.72. The van der Waals surface area contributed by atoms with Crippen LogP contribution >= 0.6 is 0 Å². The number of Topliss-reactive ketones (excluding diaryl/α,β-unsaturated/α-hetero) is 1. The highest BCUT2D eigenvalue weighted by atomic mass is 16.1. The number of para-hydroxylation sites is 1. The molecule has 2 aromatic rings. The first kappa shape index (κ1) is 12.5. The van der Waals surface area contributed by atoms with Gasteiger partial charge in [0.25, 0.3) is 0 Å². The summed E-state index contributed by atoms with van der Waals surface area (Å²) in [4.78, 5) is 16.7. The third kappa shape index (κ3) is 2.65. The molecule has 1 heterocycles. The molecular weight excluding hydrogens is 222 g/mol. The topological polar surface area (TPSA) is 30.0 Å². The Morgan fingerprint density at radius 2 is 2.17 bits per heavy atom. The third-order valence-electron chi connectivity index (χ3n) is 2.96. The van der Waals surface area contributed by atoms with Gasteiger partial charge >= 0.3 is 0 Å². The van der Waals surface area contributed by atoms with E-state index in [1.807, 2.05) is 43.3 Å². The minimum absolute atomic E-state index is 0.193. The monoisotopic (exact) mass is 239 g/mol. The number of rotatable bonds is 5. The van der Waals surface area contributed by atoms with Gasteiger partial charge < -0.3 is 0 Å². The molecule has 0 atom stereocenters. The Labute approximate surface area is 107 Å². The van der Waals surface area contributed by atoms with Crippen LogP contribution in [-0.4, -0.2) is 10.8 Å². The first-order valence-electron chi connectivity index (χ1n) is 6.23. The van der Waals surface area contributed by atoms with E-state index in [-0.39, 0.29) is 5.78 Å². The van der Waals surface area contributed by atoms with Gasteiger partial charge in [0.1, 0.15) is 0 Å². The van der Waals surface area contributed by atoms with Crippen LogP contribution in [0.15, 0.2) is 43.0 Å². The van der Waals surface area contributed by atoms with Crippen molar-refractivity contribution in [3.63, 3.8) is 0 Å². The maximum atomic E-state index is 12.2. The molecule has 0 aliphatic heterocycles. The van der Waals surface area contributed by atoms with E-state index in [4.69, 9.17) is 0 Å². The summed E-state index contributed by atoms with van der Waals surface area (Å²) >= 11 is 0. The highest BCUT2D eigenvalue weighted by Crippen LogP contribution is 2.20. The molecular formula is C16H17NO. The SMILES string of the molecule is C=CCCCC(=O)c1cc(C)nc2ccccc12. The number of pyridine rings is 1. The standard InChI is InChI=1S/C16H17NO/c1-3-4-5-10-16(18)14-11-12(2)17-15-9-7-6-8-13(14)15/h3,6-9,11H,1,4-5,10H2,2H3. The van der Waals surface area contributed by atoms with Crippen LogP contribution in [0.3, 0.4) is 0 Å². The zero-order valence-electron chi connectivity index (χ0n) is 10.6. The van der Waals surface area contributed by atoms with Crippen molar-refractivity contribution in [2.45, 2.75) is 26.2 Å². The number of aryl methyl sites for hydroxylation is 1. The number of hydrogen-bond donors (Lipinski definition) is 0. The second-order valence-corrected chi connectivity index (χ2v) is 4.43. The van der Waals surface area contributed by atoms with Gasteiger partial charge in [-0.2, -0.15) is 0 Å². The summed E-state index contributed by atoms with van der Waals surface area (Å²) in [5, 5.41) is 0.951. The average molecular weight is 239 g/mol. The van der Waals surface area contributed by atoms with Crippen LogP contribution < -0.4 is 0 Å². The number of carbonyl (C=O) groups excluding carboxylic acids is 1. The predicted octanol–water partition coefficient (Wildman–Crippen LogP) is 4.08. The molecule has 2 rings (SSSR count). The summed E-state index contributed by atoms with van der Waals surface area (Å²) in [5.41, 5.74) is 2.58. The van der Waals surface area contributed by atoms with Crippen LogP contribution in [-0.2, 0) is 0 Å². The Morgan fingerprint density at radius 1 is 1.39 bits per heavy atom. The van der Waals surface area contributed by atoms with Gasteiger partial charge in [-0.05, 0) is 31.9 Å². The molecule has 0 aliphatic carbocycles. The van der Waals surface area contributed by atoms with Crippen molar-refractivity contribution in [1.29, 1.82) is 0 Å². The zero-order chi connectivity index (χ0) is 13.0. The number of hydrogen-bond acceptors (Lipinski definition) is 2. The largest absolute Gasteiger partial charge is 0.294 e. The minimum atomic E-state index is 0.193. The third-order valence-corrected chi connectivity index (χ3v) is 2.96. The zero-order valence-corrected chi connectivity index (χ0v) is 10.6. The molecule has 1 aromatic carbocycles. The lowest BCUT2D eigenvalue weighted by atomic mass is 10.0. The molecule has 0 amide bonds. The highest BCUT2D eigenvalue weighted by Gasteiger charge is 2.11. The number of aromatic nitrogens is 1. The van der Waals surface area contributed by atoms with Gasteiger partial charge in [-0.1, -0.05) is 24.3 Å². The summed E-state index contributed by atoms with van der Waals surface area (Å²) in [6.07, 6.45) is 4.16. The van der Waals surface area contributed by atoms with Crippen LogP contribution in [0.1, 0.15) is 35.3 Å². The second kappa shape index (κ2) is 5.58. The molecule has 0 aliphatic rings. The molecule has 2 heteroatoms. The molecule has 0 saturated carbocycles. The Bertz CT molecular complexity index is 587. The van der Waals surface area contributed by atoms with Gasteiger partial charge in [-0.3, -0.25) is 9.78 Å². The second-order valence-electron chi connectivity index (χ2n) is 4.43. The van der Waals surface area contributed by atoms with Gasteiger partial charge in [0.05, 0.1) is 5.52 Å². The van der Waals surface area contributed by atoms with Crippen LogP contribution in [0.5, 0.6) is 0 Å². The predicted molar refractivity (Wildman–Crippen MR) is 74.9 cm³/mol. The Balaban J connectivity index is 2.37. The first-order valence-corrected chi connectivity index (χ1v) is 6.23. The summed E-state index contributed by atoms with van der Waals surface area (Å²) in [5.74, 6) is 0.193. The summed E-state index contributed by atoms with van der Waals surface area (Å²) < 4.78 is 0. The van der Waals surface area contributed by atoms with E-state index in [9.17, 15) is 4.79 Å². The lowest BCUT2D eigenvalue weighted by Crippen LogP contribution is -2.02. The number of fused-ring (bicyclic) bond motifs is 1. The number of allylic oxidation sites excluding steroid dienone is 1. The molecule has 1 aromatic heterocycles. The van der Waals surface area contributed by atoms with E-state index in [0.29, 0.717) is 6.42 Å². The van der Waals surface area contributed by atoms with Crippen molar-refractivity contribution in [2.24, 2.45) is 0 Å². The van der Waals surface area contributed by atoms with Crippen LogP contribution in [0.4, 0.5) is 0 Å². The Kier molecular flexibility index (Phi) is 3.88. The quantitative estimate of drug-likeness (QED) is 0.447. The van der Waals surface area contributed by atoms with Crippen LogP contribution in [0.2, 0.25) is 0 Å². The molecule has 0 spiro atoms. The minimum Gasteiger partial charge on any atom is -0.294 e. The van der Waals surface area contributed by atoms with E-state index in [1.165, 1.54) is 0 Å². The van der Waals surface area contributed by atoms with Gasteiger partial charge in [0.15, 0.2) is 5.78 Å². The fourth-order valence-electron chi connectivity index (χ4n) is 2.08. The maximum absolute atomic E-state index is 12.2. The maximum Gasteiger partial charge on any atom is 0.163 e. The molecule has 0 fully saturated rings. The van der Waals surface area contributed by atoms with Crippen LogP contribution in [0.25, 0.3) is 10.9 Å². The number of carbonyl (C=O) groups is 1. The van der Waals surface area contributed by atoms with E-state index in [1.54, 1.807) is 0 Å². The van der Waals surface area contributed by atoms with Crippen LogP contribution in [0, 0.1) is 6.92 Å². The molecule has 0 bridgehead atoms. The van der Waals surface area contributed by atoms with Crippen molar-refractivity contribution in [3.05, 3.63) is 54.2 Å². The Morgan fingerprint density at radius 3 is 2.94 bits per heavy atom. The van der Waals surface area contributed by atoms with Crippen molar-refractivity contribution in [3.8, 4) is 0 Å². The fraction of sp³-hybridized carbons (Fsp3) is 0.250. The fourth-order valence-corrected chi connectivity index (χ4v) is 2.08. The average Bonchev–Trinajstić information content (AvgIpc) is 2.38. The van der Waals surface area contributed by atoms with E-state index < -0.39 is 0 Å². The lowest BCUT2D eigenvalue weighted by molar-refractivity contribution is 0.0982. The number of benzene rings is 1. The normalized spacial score (nSPS) is 10.5. The van der Waals surface area contributed by atoms with Gasteiger partial charge in [0.2, 0.25) is 0 Å². The molecule has 18 heavy (non-hydrogen) atoms.